The van der Waals surface area contributed by atoms with E-state index in [1.165, 1.54) is 4.88 Å². The molecule has 2 aliphatic heterocycles. The van der Waals surface area contributed by atoms with Gasteiger partial charge in [-0.15, -0.1) is 11.3 Å². The van der Waals surface area contributed by atoms with E-state index in [0.717, 1.165) is 27.2 Å². The molecule has 4 heterocycles. The lowest BCUT2D eigenvalue weighted by molar-refractivity contribution is -0.141. The van der Waals surface area contributed by atoms with Crippen molar-refractivity contribution in [3.8, 4) is 17.1 Å². The maximum absolute atomic E-state index is 13.3. The first-order chi connectivity index (χ1) is 19.8. The van der Waals surface area contributed by atoms with Gasteiger partial charge in [0, 0.05) is 36.6 Å². The Hall–Kier alpha value is -3.53. The number of carbonyl (C=O) groups is 1. The highest BCUT2D eigenvalue weighted by Crippen LogP contribution is 2.36. The van der Waals surface area contributed by atoms with Crippen LogP contribution in [0.25, 0.3) is 21.3 Å². The highest BCUT2D eigenvalue weighted by Gasteiger charge is 2.33. The number of benzene rings is 2. The van der Waals surface area contributed by atoms with Crippen molar-refractivity contribution in [1.29, 1.82) is 0 Å². The first-order valence-corrected chi connectivity index (χ1v) is 15.0. The molecular formula is C32H36N4O4S. The van der Waals surface area contributed by atoms with E-state index in [9.17, 15) is 4.79 Å². The van der Waals surface area contributed by atoms with Crippen molar-refractivity contribution < 1.29 is 19.0 Å². The fraction of sp³-hybridized carbons (Fsp3) is 0.406. The van der Waals surface area contributed by atoms with E-state index in [4.69, 9.17) is 24.2 Å². The van der Waals surface area contributed by atoms with E-state index in [-0.39, 0.29) is 12.0 Å². The highest BCUT2D eigenvalue weighted by atomic mass is 32.1. The Labute approximate surface area is 244 Å². The van der Waals surface area contributed by atoms with Crippen molar-refractivity contribution in [3.63, 3.8) is 0 Å². The SMILES string of the molecule is CC(C)c1cc2c(N3CCN(C(=O)c4ccc(-c5ccccc5)cc4)CC3)nc(OC[C@H]3COC(C)(C)O3)nc2s1. The average Bonchev–Trinajstić information content (AvgIpc) is 3.58. The van der Waals surface area contributed by atoms with Crippen molar-refractivity contribution in [2.45, 2.75) is 45.5 Å². The summed E-state index contributed by atoms with van der Waals surface area (Å²) in [4.78, 5) is 29.3. The second-order valence-corrected chi connectivity index (χ2v) is 12.4. The number of rotatable bonds is 7. The van der Waals surface area contributed by atoms with Gasteiger partial charge < -0.3 is 24.0 Å². The minimum atomic E-state index is -0.606. The van der Waals surface area contributed by atoms with Gasteiger partial charge >= 0.3 is 6.01 Å². The summed E-state index contributed by atoms with van der Waals surface area (Å²) in [7, 11) is 0. The molecule has 1 amide bonds. The van der Waals surface area contributed by atoms with Crippen LogP contribution in [0.5, 0.6) is 6.01 Å². The van der Waals surface area contributed by atoms with E-state index in [1.54, 1.807) is 11.3 Å². The summed E-state index contributed by atoms with van der Waals surface area (Å²) in [5.41, 5.74) is 2.95. The quantitative estimate of drug-likeness (QED) is 0.270. The van der Waals surface area contributed by atoms with Gasteiger partial charge in [0.15, 0.2) is 5.79 Å². The molecule has 1 atom stereocenters. The third-order valence-corrected chi connectivity index (χ3v) is 8.84. The van der Waals surface area contributed by atoms with Crippen LogP contribution in [0.2, 0.25) is 0 Å². The minimum absolute atomic E-state index is 0.0560. The second-order valence-electron chi connectivity index (χ2n) is 11.3. The Kier molecular flexibility index (Phi) is 7.68. The van der Waals surface area contributed by atoms with E-state index >= 15 is 0 Å². The number of carbonyl (C=O) groups excluding carboxylic acids is 1. The number of thiophene rings is 1. The maximum atomic E-state index is 13.3. The van der Waals surface area contributed by atoms with Crippen LogP contribution in [0.15, 0.2) is 60.7 Å². The van der Waals surface area contributed by atoms with E-state index in [2.05, 4.69) is 36.9 Å². The largest absolute Gasteiger partial charge is 0.461 e. The molecule has 8 nitrogen and oxygen atoms in total. The van der Waals surface area contributed by atoms with Crippen LogP contribution in [-0.4, -0.2) is 72.1 Å². The summed E-state index contributed by atoms with van der Waals surface area (Å²) in [5.74, 6) is 0.697. The zero-order chi connectivity index (χ0) is 28.6. The number of piperazine rings is 1. The molecule has 2 fully saturated rings. The van der Waals surface area contributed by atoms with Crippen LogP contribution in [0.3, 0.4) is 0 Å². The molecule has 0 unspecified atom stereocenters. The Balaban J connectivity index is 1.16. The van der Waals surface area contributed by atoms with Gasteiger partial charge in [0.1, 0.15) is 23.4 Å². The molecule has 6 rings (SSSR count). The number of hydrogen-bond acceptors (Lipinski definition) is 8. The number of anilines is 1. The van der Waals surface area contributed by atoms with Crippen molar-refractivity contribution in [3.05, 3.63) is 71.1 Å². The van der Waals surface area contributed by atoms with Crippen LogP contribution in [0.4, 0.5) is 5.82 Å². The van der Waals surface area contributed by atoms with Gasteiger partial charge in [-0.25, -0.2) is 0 Å². The zero-order valence-corrected chi connectivity index (χ0v) is 24.8. The summed E-state index contributed by atoms with van der Waals surface area (Å²) in [6, 6.07) is 20.6. The summed E-state index contributed by atoms with van der Waals surface area (Å²) in [6.45, 7) is 11.6. The molecule has 214 valence electrons. The Morgan fingerprint density at radius 1 is 1.02 bits per heavy atom. The Bertz CT molecular complexity index is 1510. The van der Waals surface area contributed by atoms with Crippen LogP contribution in [0, 0.1) is 0 Å². The number of amides is 1. The summed E-state index contributed by atoms with van der Waals surface area (Å²) < 4.78 is 17.6. The molecule has 0 aliphatic carbocycles. The zero-order valence-electron chi connectivity index (χ0n) is 24.0. The lowest BCUT2D eigenvalue weighted by Gasteiger charge is -2.35. The first kappa shape index (κ1) is 27.6. The third-order valence-electron chi connectivity index (χ3n) is 7.51. The maximum Gasteiger partial charge on any atom is 0.319 e. The number of nitrogens with zero attached hydrogens (tertiary/aromatic N) is 4. The van der Waals surface area contributed by atoms with Gasteiger partial charge in [0.2, 0.25) is 0 Å². The molecule has 2 aliphatic rings. The molecule has 4 aromatic rings. The van der Waals surface area contributed by atoms with E-state index in [1.807, 2.05) is 61.2 Å². The average molecular weight is 573 g/mol. The molecular weight excluding hydrogens is 536 g/mol. The smallest absolute Gasteiger partial charge is 0.319 e. The fourth-order valence-corrected chi connectivity index (χ4v) is 6.27. The van der Waals surface area contributed by atoms with Gasteiger partial charge in [-0.1, -0.05) is 56.3 Å². The van der Waals surface area contributed by atoms with Crippen LogP contribution >= 0.6 is 11.3 Å². The van der Waals surface area contributed by atoms with E-state index in [0.29, 0.717) is 56.9 Å². The highest BCUT2D eigenvalue weighted by molar-refractivity contribution is 7.18. The molecule has 2 aromatic heterocycles. The molecule has 41 heavy (non-hydrogen) atoms. The molecule has 2 aromatic carbocycles. The van der Waals surface area contributed by atoms with Crippen LogP contribution < -0.4 is 9.64 Å². The first-order valence-electron chi connectivity index (χ1n) is 14.2. The van der Waals surface area contributed by atoms with Crippen molar-refractivity contribution >= 4 is 33.3 Å². The van der Waals surface area contributed by atoms with Gasteiger partial charge in [0.25, 0.3) is 5.91 Å². The molecule has 0 radical (unpaired) electrons. The molecule has 0 bridgehead atoms. The molecule has 0 spiro atoms. The van der Waals surface area contributed by atoms with E-state index < -0.39 is 5.79 Å². The predicted molar refractivity (Wildman–Crippen MR) is 162 cm³/mol. The summed E-state index contributed by atoms with van der Waals surface area (Å²) in [6.07, 6.45) is -0.168. The summed E-state index contributed by atoms with van der Waals surface area (Å²) >= 11 is 1.68. The lowest BCUT2D eigenvalue weighted by atomic mass is 10.0. The fourth-order valence-electron chi connectivity index (χ4n) is 5.25. The Morgan fingerprint density at radius 3 is 2.39 bits per heavy atom. The van der Waals surface area contributed by atoms with Crippen molar-refractivity contribution in [1.82, 2.24) is 14.9 Å². The molecule has 0 N–H and O–H groups in total. The Morgan fingerprint density at radius 2 is 1.73 bits per heavy atom. The summed E-state index contributed by atoms with van der Waals surface area (Å²) in [5, 5.41) is 1.03. The van der Waals surface area contributed by atoms with Gasteiger partial charge in [-0.3, -0.25) is 4.79 Å². The normalized spacial score (nSPS) is 18.8. The number of hydrogen-bond donors (Lipinski definition) is 0. The number of aromatic nitrogens is 2. The monoisotopic (exact) mass is 572 g/mol. The lowest BCUT2D eigenvalue weighted by Crippen LogP contribution is -2.49. The topological polar surface area (TPSA) is 77.0 Å². The predicted octanol–water partition coefficient (Wildman–Crippen LogP) is 5.97. The molecule has 2 saturated heterocycles. The van der Waals surface area contributed by atoms with Gasteiger partial charge in [-0.05, 0) is 49.1 Å². The van der Waals surface area contributed by atoms with Gasteiger partial charge in [0.05, 0.1) is 12.0 Å². The molecule has 9 heteroatoms. The molecule has 0 saturated carbocycles. The number of fused-ring (bicyclic) bond motifs is 1. The minimum Gasteiger partial charge on any atom is -0.461 e. The number of ether oxygens (including phenoxy) is 3. The van der Waals surface area contributed by atoms with Crippen molar-refractivity contribution in [2.24, 2.45) is 0 Å². The standard InChI is InChI=1S/C32H36N4O4S/c1-21(2)27-18-26-28(33-31(34-29(26)41-27)38-19-25-20-39-32(3,4)40-25)35-14-16-36(17-15-35)30(37)24-12-10-23(11-13-24)22-8-6-5-7-9-22/h5-13,18,21,25H,14-17,19-20H2,1-4H3/t25-/m0/s1. The van der Waals surface area contributed by atoms with Gasteiger partial charge in [-0.2, -0.15) is 9.97 Å². The van der Waals surface area contributed by atoms with Crippen LogP contribution in [0.1, 0.15) is 48.8 Å². The third kappa shape index (κ3) is 6.07. The van der Waals surface area contributed by atoms with Crippen molar-refractivity contribution in [2.75, 3.05) is 44.3 Å². The van der Waals surface area contributed by atoms with Crippen LogP contribution in [-0.2, 0) is 9.47 Å². The second kappa shape index (κ2) is 11.4.